The van der Waals surface area contributed by atoms with Gasteiger partial charge in [0.1, 0.15) is 0 Å². The van der Waals surface area contributed by atoms with E-state index in [-0.39, 0.29) is 6.03 Å². The molecule has 2 fully saturated rings. The van der Waals surface area contributed by atoms with Crippen LogP contribution in [0.1, 0.15) is 43.2 Å². The van der Waals surface area contributed by atoms with Gasteiger partial charge in [0.25, 0.3) is 0 Å². The first-order chi connectivity index (χ1) is 9.24. The van der Waals surface area contributed by atoms with Crippen molar-refractivity contribution in [1.29, 1.82) is 0 Å². The number of urea groups is 1. The number of nitrogens with one attached hydrogen (secondary N) is 1. The van der Waals surface area contributed by atoms with Gasteiger partial charge in [0.15, 0.2) is 0 Å². The zero-order valence-corrected chi connectivity index (χ0v) is 11.6. The molecule has 102 valence electrons. The Bertz CT molecular complexity index is 456. The van der Waals surface area contributed by atoms with Crippen molar-refractivity contribution in [2.45, 2.75) is 57.7 Å². The molecule has 1 N–H and O–H groups in total. The van der Waals surface area contributed by atoms with Crippen LogP contribution in [0.3, 0.4) is 0 Å². The van der Waals surface area contributed by atoms with Crippen LogP contribution in [0.5, 0.6) is 0 Å². The first-order valence-corrected chi connectivity index (χ1v) is 7.36. The van der Waals surface area contributed by atoms with E-state index in [1.54, 1.807) is 0 Å². The van der Waals surface area contributed by atoms with Crippen LogP contribution < -0.4 is 5.32 Å². The molecule has 2 amide bonds. The van der Waals surface area contributed by atoms with Crippen LogP contribution in [0.25, 0.3) is 0 Å². The molecule has 19 heavy (non-hydrogen) atoms. The first-order valence-electron chi connectivity index (χ1n) is 7.36. The minimum absolute atomic E-state index is 0.133. The number of piperidine rings is 1. The Hall–Kier alpha value is -1.51. The summed E-state index contributed by atoms with van der Waals surface area (Å²) in [4.78, 5) is 14.4. The number of carbonyl (C=O) groups is 1. The fourth-order valence-corrected chi connectivity index (χ4v) is 3.54. The fraction of sp³-hybridized carbons (Fsp3) is 0.562. The predicted octanol–water partition coefficient (Wildman–Crippen LogP) is 3.22. The minimum atomic E-state index is 0.133. The lowest BCUT2D eigenvalue weighted by Crippen LogP contribution is -2.48. The summed E-state index contributed by atoms with van der Waals surface area (Å²) in [6.45, 7) is 2.71. The predicted molar refractivity (Wildman–Crippen MR) is 75.9 cm³/mol. The molecule has 1 aromatic rings. The number of rotatable bonds is 2. The lowest BCUT2D eigenvalue weighted by Gasteiger charge is -2.34. The van der Waals surface area contributed by atoms with Gasteiger partial charge in [-0.25, -0.2) is 4.79 Å². The Balaban J connectivity index is 1.60. The van der Waals surface area contributed by atoms with Gasteiger partial charge in [-0.2, -0.15) is 0 Å². The number of fused-ring (bicyclic) bond motifs is 2. The summed E-state index contributed by atoms with van der Waals surface area (Å²) in [7, 11) is 0. The molecule has 0 radical (unpaired) electrons. The molecule has 1 aromatic carbocycles. The lowest BCUT2D eigenvalue weighted by molar-refractivity contribution is 0.146. The molecule has 2 bridgehead atoms. The number of nitrogens with zero attached hydrogens (tertiary/aromatic N) is 1. The minimum Gasteiger partial charge on any atom is -0.334 e. The number of aryl methyl sites for hydroxylation is 1. The third-order valence-corrected chi connectivity index (χ3v) is 4.46. The highest BCUT2D eigenvalue weighted by Crippen LogP contribution is 2.35. The third-order valence-electron chi connectivity index (χ3n) is 4.46. The van der Waals surface area contributed by atoms with E-state index >= 15 is 0 Å². The molecule has 2 atom stereocenters. The topological polar surface area (TPSA) is 32.3 Å². The Morgan fingerprint density at radius 1 is 1.26 bits per heavy atom. The molecule has 2 aliphatic rings. The van der Waals surface area contributed by atoms with E-state index < -0.39 is 0 Å². The van der Waals surface area contributed by atoms with Gasteiger partial charge in [-0.3, -0.25) is 0 Å². The lowest BCUT2D eigenvalue weighted by atomic mass is 10.0. The monoisotopic (exact) mass is 258 g/mol. The van der Waals surface area contributed by atoms with Gasteiger partial charge in [0.05, 0.1) is 0 Å². The van der Waals surface area contributed by atoms with Crippen LogP contribution in [0.4, 0.5) is 4.79 Å². The normalized spacial score (nSPS) is 25.4. The highest BCUT2D eigenvalue weighted by atomic mass is 16.2. The van der Waals surface area contributed by atoms with Crippen molar-refractivity contribution < 1.29 is 4.79 Å². The third kappa shape index (κ3) is 2.60. The summed E-state index contributed by atoms with van der Waals surface area (Å²) >= 11 is 0. The van der Waals surface area contributed by atoms with Crippen molar-refractivity contribution in [3.63, 3.8) is 0 Å². The number of carbonyl (C=O) groups excluding carboxylic acids is 1. The number of amides is 2. The van der Waals surface area contributed by atoms with Gasteiger partial charge in [-0.15, -0.1) is 0 Å². The molecule has 3 rings (SSSR count). The van der Waals surface area contributed by atoms with Crippen LogP contribution in [-0.2, 0) is 6.54 Å². The molecular weight excluding hydrogens is 236 g/mol. The van der Waals surface area contributed by atoms with Crippen LogP contribution >= 0.6 is 0 Å². The molecule has 3 heteroatoms. The summed E-state index contributed by atoms with van der Waals surface area (Å²) in [6, 6.07) is 9.45. The van der Waals surface area contributed by atoms with E-state index in [0.717, 1.165) is 0 Å². The van der Waals surface area contributed by atoms with E-state index in [2.05, 4.69) is 35.3 Å². The zero-order valence-electron chi connectivity index (χ0n) is 11.6. The van der Waals surface area contributed by atoms with Gasteiger partial charge in [0, 0.05) is 18.6 Å². The SMILES string of the molecule is Cc1cccc(CNC(=O)N2C3CCCC2CC3)c1. The maximum Gasteiger partial charge on any atom is 0.318 e. The Morgan fingerprint density at radius 2 is 2.00 bits per heavy atom. The Morgan fingerprint density at radius 3 is 2.68 bits per heavy atom. The highest BCUT2D eigenvalue weighted by Gasteiger charge is 2.39. The van der Waals surface area contributed by atoms with Crippen LogP contribution in [0.2, 0.25) is 0 Å². The number of benzene rings is 1. The molecule has 0 aliphatic carbocycles. The second-order valence-corrected chi connectivity index (χ2v) is 5.87. The second kappa shape index (κ2) is 5.24. The smallest absolute Gasteiger partial charge is 0.318 e. The average Bonchev–Trinajstić information content (AvgIpc) is 2.66. The summed E-state index contributed by atoms with van der Waals surface area (Å²) in [5.41, 5.74) is 2.42. The highest BCUT2D eigenvalue weighted by molar-refractivity contribution is 5.75. The number of hydrogen-bond acceptors (Lipinski definition) is 1. The molecular formula is C16H22N2O. The fourth-order valence-electron chi connectivity index (χ4n) is 3.54. The molecule has 2 aliphatic heterocycles. The van der Waals surface area contributed by atoms with E-state index in [1.807, 2.05) is 6.07 Å². The standard InChI is InChI=1S/C16H22N2O/c1-12-4-2-5-13(10-12)11-17-16(19)18-14-6-3-7-15(18)9-8-14/h2,4-5,10,14-15H,3,6-9,11H2,1H3,(H,17,19). The summed E-state index contributed by atoms with van der Waals surface area (Å²) in [6.07, 6.45) is 6.06. The summed E-state index contributed by atoms with van der Waals surface area (Å²) in [5, 5.41) is 3.08. The molecule has 0 spiro atoms. The Kier molecular flexibility index (Phi) is 3.45. The van der Waals surface area contributed by atoms with Crippen LogP contribution in [0, 0.1) is 6.92 Å². The van der Waals surface area contributed by atoms with Crippen molar-refractivity contribution in [1.82, 2.24) is 10.2 Å². The quantitative estimate of drug-likeness (QED) is 0.868. The molecule has 3 nitrogen and oxygen atoms in total. The van der Waals surface area contributed by atoms with Gasteiger partial charge >= 0.3 is 6.03 Å². The van der Waals surface area contributed by atoms with Gasteiger partial charge in [-0.05, 0) is 44.6 Å². The number of hydrogen-bond donors (Lipinski definition) is 1. The van der Waals surface area contributed by atoms with Gasteiger partial charge in [-0.1, -0.05) is 29.8 Å². The molecule has 2 unspecified atom stereocenters. The Labute approximate surface area is 115 Å². The second-order valence-electron chi connectivity index (χ2n) is 5.87. The molecule has 0 saturated carbocycles. The van der Waals surface area contributed by atoms with E-state index in [4.69, 9.17) is 0 Å². The van der Waals surface area contributed by atoms with Crippen molar-refractivity contribution in [2.75, 3.05) is 0 Å². The van der Waals surface area contributed by atoms with Crippen molar-refractivity contribution >= 4 is 6.03 Å². The summed E-state index contributed by atoms with van der Waals surface area (Å²) < 4.78 is 0. The van der Waals surface area contributed by atoms with Gasteiger partial charge < -0.3 is 10.2 Å². The summed E-state index contributed by atoms with van der Waals surface area (Å²) in [5.74, 6) is 0. The van der Waals surface area contributed by atoms with Crippen molar-refractivity contribution in [3.05, 3.63) is 35.4 Å². The van der Waals surface area contributed by atoms with Crippen LogP contribution in [-0.4, -0.2) is 23.0 Å². The zero-order chi connectivity index (χ0) is 13.2. The van der Waals surface area contributed by atoms with Crippen molar-refractivity contribution in [2.24, 2.45) is 0 Å². The van der Waals surface area contributed by atoms with E-state index in [1.165, 1.54) is 43.2 Å². The maximum atomic E-state index is 12.3. The van der Waals surface area contributed by atoms with E-state index in [9.17, 15) is 4.79 Å². The molecule has 0 aromatic heterocycles. The maximum absolute atomic E-state index is 12.3. The van der Waals surface area contributed by atoms with Crippen LogP contribution in [0.15, 0.2) is 24.3 Å². The van der Waals surface area contributed by atoms with Crippen molar-refractivity contribution in [3.8, 4) is 0 Å². The first kappa shape index (κ1) is 12.5. The average molecular weight is 258 g/mol. The molecule has 2 heterocycles. The van der Waals surface area contributed by atoms with E-state index in [0.29, 0.717) is 18.6 Å². The van der Waals surface area contributed by atoms with Gasteiger partial charge in [0.2, 0.25) is 0 Å². The molecule has 2 saturated heterocycles. The largest absolute Gasteiger partial charge is 0.334 e.